The summed E-state index contributed by atoms with van der Waals surface area (Å²) < 4.78 is 5.70. The van der Waals surface area contributed by atoms with Gasteiger partial charge in [0.15, 0.2) is 0 Å². The van der Waals surface area contributed by atoms with Crippen LogP contribution in [0.15, 0.2) is 30.3 Å². The van der Waals surface area contributed by atoms with E-state index in [1.807, 2.05) is 30.3 Å². The second-order valence-corrected chi connectivity index (χ2v) is 8.88. The van der Waals surface area contributed by atoms with Crippen LogP contribution in [0.3, 0.4) is 0 Å². The maximum absolute atomic E-state index is 12.8. The van der Waals surface area contributed by atoms with Gasteiger partial charge in [-0.1, -0.05) is 25.1 Å². The molecule has 2 aliphatic rings. The first kappa shape index (κ1) is 22.8. The minimum absolute atomic E-state index is 0.00668. The van der Waals surface area contributed by atoms with Crippen LogP contribution in [-0.2, 0) is 9.53 Å². The fourth-order valence-electron chi connectivity index (χ4n) is 4.64. The second kappa shape index (κ2) is 10.9. The van der Waals surface area contributed by atoms with Gasteiger partial charge in [0, 0.05) is 44.3 Å². The third-order valence-corrected chi connectivity index (χ3v) is 6.68. The zero-order valence-corrected chi connectivity index (χ0v) is 18.7. The number of nitrogens with one attached hydrogen (secondary N) is 1. The van der Waals surface area contributed by atoms with Crippen LogP contribution in [0.5, 0.6) is 0 Å². The molecule has 6 nitrogen and oxygen atoms in total. The van der Waals surface area contributed by atoms with Crippen LogP contribution in [0, 0.1) is 5.92 Å². The summed E-state index contributed by atoms with van der Waals surface area (Å²) >= 11 is 0. The normalized spacial score (nSPS) is 26.2. The number of likely N-dealkylation sites (tertiary alicyclic amines) is 2. The lowest BCUT2D eigenvalue weighted by molar-refractivity contribution is -0.138. The van der Waals surface area contributed by atoms with Gasteiger partial charge in [-0.3, -0.25) is 9.59 Å². The molecule has 2 aliphatic heterocycles. The minimum Gasteiger partial charge on any atom is -0.378 e. The summed E-state index contributed by atoms with van der Waals surface area (Å²) in [6.45, 7) is 7.70. The molecule has 0 bridgehead atoms. The summed E-state index contributed by atoms with van der Waals surface area (Å²) in [5, 5.41) is 3.14. The highest BCUT2D eigenvalue weighted by Gasteiger charge is 2.32. The summed E-state index contributed by atoms with van der Waals surface area (Å²) in [5.41, 5.74) is 0.675. The summed E-state index contributed by atoms with van der Waals surface area (Å²) in [6.07, 6.45) is 5.14. The second-order valence-electron chi connectivity index (χ2n) is 8.88. The van der Waals surface area contributed by atoms with E-state index in [4.69, 9.17) is 4.74 Å². The summed E-state index contributed by atoms with van der Waals surface area (Å²) in [7, 11) is 1.71. The van der Waals surface area contributed by atoms with Crippen LogP contribution in [0.25, 0.3) is 0 Å². The average Bonchev–Trinajstić information content (AvgIpc) is 2.78. The van der Waals surface area contributed by atoms with Crippen molar-refractivity contribution in [3.8, 4) is 0 Å². The molecule has 4 unspecified atom stereocenters. The van der Waals surface area contributed by atoms with Crippen LogP contribution >= 0.6 is 0 Å². The van der Waals surface area contributed by atoms with Gasteiger partial charge in [-0.2, -0.15) is 0 Å². The largest absolute Gasteiger partial charge is 0.378 e. The fraction of sp³-hybridized carbons (Fsp3) is 0.667. The van der Waals surface area contributed by atoms with Crippen molar-refractivity contribution in [2.24, 2.45) is 5.92 Å². The standard InChI is InChI=1S/C24H37N3O3/c1-18(24(29)27-14-8-7-9-19(27)2)12-15-26-16-13-21(22(17-26)30-3)25-23(28)20-10-5-4-6-11-20/h4-6,10-11,18-19,21-22H,7-9,12-17H2,1-3H3,(H,25,28). The SMILES string of the molecule is COC1CN(CCC(C)C(=O)N2CCCCC2C)CCC1NC(=O)c1ccccc1. The van der Waals surface area contributed by atoms with Crippen LogP contribution in [0.1, 0.15) is 56.3 Å². The van der Waals surface area contributed by atoms with Crippen LogP contribution in [0.2, 0.25) is 0 Å². The van der Waals surface area contributed by atoms with Crippen molar-refractivity contribution in [2.45, 2.75) is 64.1 Å². The van der Waals surface area contributed by atoms with Crippen molar-refractivity contribution in [1.82, 2.24) is 15.1 Å². The molecular formula is C24H37N3O3. The van der Waals surface area contributed by atoms with Crippen molar-refractivity contribution < 1.29 is 14.3 Å². The van der Waals surface area contributed by atoms with E-state index in [9.17, 15) is 9.59 Å². The Morgan fingerprint density at radius 1 is 1.17 bits per heavy atom. The lowest BCUT2D eigenvalue weighted by atomic mass is 9.97. The van der Waals surface area contributed by atoms with Gasteiger partial charge in [0.05, 0.1) is 12.1 Å². The first-order valence-electron chi connectivity index (χ1n) is 11.4. The van der Waals surface area contributed by atoms with Gasteiger partial charge in [0.2, 0.25) is 5.91 Å². The highest BCUT2D eigenvalue weighted by Crippen LogP contribution is 2.21. The van der Waals surface area contributed by atoms with E-state index in [-0.39, 0.29) is 24.0 Å². The van der Waals surface area contributed by atoms with E-state index in [1.54, 1.807) is 7.11 Å². The van der Waals surface area contributed by atoms with Gasteiger partial charge >= 0.3 is 0 Å². The predicted octanol–water partition coefficient (Wildman–Crippen LogP) is 2.93. The molecule has 30 heavy (non-hydrogen) atoms. The van der Waals surface area contributed by atoms with Crippen molar-refractivity contribution in [3.63, 3.8) is 0 Å². The third kappa shape index (κ3) is 5.82. The molecule has 2 heterocycles. The number of rotatable bonds is 7. The molecule has 0 spiro atoms. The summed E-state index contributed by atoms with van der Waals surface area (Å²) in [6, 6.07) is 9.69. The molecule has 1 aromatic rings. The van der Waals surface area contributed by atoms with Gasteiger partial charge in [-0.25, -0.2) is 0 Å². The number of hydrogen-bond acceptors (Lipinski definition) is 4. The molecule has 2 fully saturated rings. The van der Waals surface area contributed by atoms with Gasteiger partial charge in [-0.15, -0.1) is 0 Å². The molecule has 0 aliphatic carbocycles. The van der Waals surface area contributed by atoms with Crippen molar-refractivity contribution in [1.29, 1.82) is 0 Å². The zero-order chi connectivity index (χ0) is 21.5. The van der Waals surface area contributed by atoms with Crippen LogP contribution in [0.4, 0.5) is 0 Å². The third-order valence-electron chi connectivity index (χ3n) is 6.68. The summed E-state index contributed by atoms with van der Waals surface area (Å²) in [4.78, 5) is 29.8. The Kier molecular flexibility index (Phi) is 8.28. The first-order valence-corrected chi connectivity index (χ1v) is 11.4. The quantitative estimate of drug-likeness (QED) is 0.744. The number of amides is 2. The van der Waals surface area contributed by atoms with Gasteiger partial charge in [0.1, 0.15) is 0 Å². The Bertz CT molecular complexity index is 696. The van der Waals surface area contributed by atoms with E-state index in [1.165, 1.54) is 6.42 Å². The number of benzene rings is 1. The highest BCUT2D eigenvalue weighted by atomic mass is 16.5. The van der Waals surface area contributed by atoms with E-state index in [0.717, 1.165) is 51.9 Å². The monoisotopic (exact) mass is 415 g/mol. The van der Waals surface area contributed by atoms with Crippen molar-refractivity contribution >= 4 is 11.8 Å². The van der Waals surface area contributed by atoms with Gasteiger partial charge in [0.25, 0.3) is 5.91 Å². The van der Waals surface area contributed by atoms with E-state index < -0.39 is 0 Å². The smallest absolute Gasteiger partial charge is 0.251 e. The summed E-state index contributed by atoms with van der Waals surface area (Å²) in [5.74, 6) is 0.295. The molecule has 0 saturated carbocycles. The maximum Gasteiger partial charge on any atom is 0.251 e. The molecule has 1 aromatic carbocycles. The van der Waals surface area contributed by atoms with Crippen LogP contribution in [-0.4, -0.2) is 73.1 Å². The molecule has 2 amide bonds. The van der Waals surface area contributed by atoms with Crippen LogP contribution < -0.4 is 5.32 Å². The number of carbonyl (C=O) groups excluding carboxylic acids is 2. The molecule has 0 aromatic heterocycles. The lowest BCUT2D eigenvalue weighted by Crippen LogP contribution is -2.55. The van der Waals surface area contributed by atoms with Gasteiger partial charge < -0.3 is 19.9 Å². The minimum atomic E-state index is -0.0500. The van der Waals surface area contributed by atoms with Crippen molar-refractivity contribution in [2.75, 3.05) is 33.3 Å². The number of ether oxygens (including phenoxy) is 1. The molecule has 6 heteroatoms. The predicted molar refractivity (Wildman–Crippen MR) is 118 cm³/mol. The Morgan fingerprint density at radius 3 is 2.63 bits per heavy atom. The molecule has 3 rings (SSSR count). The molecular weight excluding hydrogens is 378 g/mol. The van der Waals surface area contributed by atoms with E-state index in [0.29, 0.717) is 17.5 Å². The number of hydrogen-bond donors (Lipinski definition) is 1. The Hall–Kier alpha value is -1.92. The Labute approximate surface area is 180 Å². The average molecular weight is 416 g/mol. The molecule has 4 atom stereocenters. The highest BCUT2D eigenvalue weighted by molar-refractivity contribution is 5.94. The number of piperidine rings is 2. The zero-order valence-electron chi connectivity index (χ0n) is 18.7. The Balaban J connectivity index is 1.46. The number of carbonyl (C=O) groups is 2. The lowest BCUT2D eigenvalue weighted by Gasteiger charge is -2.39. The fourth-order valence-corrected chi connectivity index (χ4v) is 4.64. The van der Waals surface area contributed by atoms with Crippen molar-refractivity contribution in [3.05, 3.63) is 35.9 Å². The van der Waals surface area contributed by atoms with E-state index >= 15 is 0 Å². The topological polar surface area (TPSA) is 61.9 Å². The molecule has 1 N–H and O–H groups in total. The molecule has 2 saturated heterocycles. The first-order chi connectivity index (χ1) is 14.5. The number of nitrogens with zero attached hydrogens (tertiary/aromatic N) is 2. The van der Waals surface area contributed by atoms with Gasteiger partial charge in [-0.05, 0) is 57.7 Å². The Morgan fingerprint density at radius 2 is 1.93 bits per heavy atom. The number of methoxy groups -OCH3 is 1. The van der Waals surface area contributed by atoms with E-state index in [2.05, 4.69) is 29.0 Å². The maximum atomic E-state index is 12.8. The molecule has 0 radical (unpaired) electrons. The molecule has 166 valence electrons.